The molecule has 3 aromatic heterocycles. The summed E-state index contributed by atoms with van der Waals surface area (Å²) in [7, 11) is 0. The monoisotopic (exact) mass is 454 g/mol. The first-order valence-corrected chi connectivity index (χ1v) is 11.9. The number of nitrogens with one attached hydrogen (secondary N) is 2. The molecule has 0 saturated carbocycles. The molecule has 0 amide bonds. The van der Waals surface area contributed by atoms with Crippen LogP contribution >= 0.6 is 0 Å². The fourth-order valence-corrected chi connectivity index (χ4v) is 4.16. The minimum absolute atomic E-state index is 0.562. The maximum Gasteiger partial charge on any atom is 0.227 e. The van der Waals surface area contributed by atoms with E-state index in [1.807, 2.05) is 35.3 Å². The van der Waals surface area contributed by atoms with Crippen molar-refractivity contribution in [3.63, 3.8) is 0 Å². The van der Waals surface area contributed by atoms with E-state index in [2.05, 4.69) is 56.7 Å². The standard InChI is InChI=1S/C26H30N8/c1-2-34-19-23(25(32-34)21-4-3-11-28-18-21)24-9-12-29-26(31-24)30-22-7-5-20(6-8-22)10-15-33-16-13-27-14-17-33/h3-9,11-12,18-19,27H,2,10,13-17H2,1H3,(H,29,30,31). The molecular formula is C26H30N8. The number of aryl methyl sites for hydroxylation is 1. The van der Waals surface area contributed by atoms with E-state index in [1.165, 1.54) is 5.56 Å². The molecule has 1 aliphatic heterocycles. The van der Waals surface area contributed by atoms with Gasteiger partial charge in [0.1, 0.15) is 5.69 Å². The van der Waals surface area contributed by atoms with Crippen LogP contribution in [0.15, 0.2) is 67.3 Å². The molecule has 8 nitrogen and oxygen atoms in total. The van der Waals surface area contributed by atoms with Crippen LogP contribution < -0.4 is 10.6 Å². The molecule has 1 aliphatic rings. The minimum atomic E-state index is 0.562. The van der Waals surface area contributed by atoms with Gasteiger partial charge in [0, 0.05) is 80.9 Å². The summed E-state index contributed by atoms with van der Waals surface area (Å²) in [5.41, 5.74) is 5.93. The smallest absolute Gasteiger partial charge is 0.227 e. The van der Waals surface area contributed by atoms with Crippen LogP contribution in [-0.4, -0.2) is 62.4 Å². The molecule has 1 fully saturated rings. The summed E-state index contributed by atoms with van der Waals surface area (Å²) in [6.07, 6.45) is 8.47. The summed E-state index contributed by atoms with van der Waals surface area (Å²) in [6, 6.07) is 14.4. The van der Waals surface area contributed by atoms with Gasteiger partial charge in [0.15, 0.2) is 0 Å². The van der Waals surface area contributed by atoms with Crippen LogP contribution in [0.3, 0.4) is 0 Å². The van der Waals surface area contributed by atoms with Gasteiger partial charge in [0.05, 0.1) is 5.69 Å². The SMILES string of the molecule is CCn1cc(-c2ccnc(Nc3ccc(CCN4CCNCC4)cc3)n2)c(-c2cccnc2)n1. The van der Waals surface area contributed by atoms with Gasteiger partial charge >= 0.3 is 0 Å². The molecule has 0 bridgehead atoms. The lowest BCUT2D eigenvalue weighted by Crippen LogP contribution is -2.44. The Kier molecular flexibility index (Phi) is 6.88. The average Bonchev–Trinajstić information content (AvgIpc) is 3.34. The number of hydrogen-bond acceptors (Lipinski definition) is 7. The Balaban J connectivity index is 1.30. The van der Waals surface area contributed by atoms with Gasteiger partial charge in [-0.25, -0.2) is 9.97 Å². The normalized spacial score (nSPS) is 14.3. The fourth-order valence-electron chi connectivity index (χ4n) is 4.16. The minimum Gasteiger partial charge on any atom is -0.324 e. The number of piperazine rings is 1. The molecule has 4 heterocycles. The first-order chi connectivity index (χ1) is 16.8. The van der Waals surface area contributed by atoms with Crippen molar-refractivity contribution in [1.82, 2.24) is 34.9 Å². The van der Waals surface area contributed by atoms with Gasteiger partial charge < -0.3 is 15.5 Å². The third-order valence-corrected chi connectivity index (χ3v) is 6.09. The Morgan fingerprint density at radius 1 is 1.03 bits per heavy atom. The number of hydrogen-bond donors (Lipinski definition) is 2. The van der Waals surface area contributed by atoms with E-state index in [0.29, 0.717) is 5.95 Å². The second kappa shape index (κ2) is 10.5. The van der Waals surface area contributed by atoms with E-state index >= 15 is 0 Å². The molecule has 5 rings (SSSR count). The number of benzene rings is 1. The number of anilines is 2. The number of aromatic nitrogens is 5. The zero-order valence-electron chi connectivity index (χ0n) is 19.5. The Hall–Kier alpha value is -3.62. The highest BCUT2D eigenvalue weighted by atomic mass is 15.3. The summed E-state index contributed by atoms with van der Waals surface area (Å²) in [4.78, 5) is 16.0. The van der Waals surface area contributed by atoms with E-state index in [4.69, 9.17) is 10.1 Å². The van der Waals surface area contributed by atoms with Crippen LogP contribution in [0.4, 0.5) is 11.6 Å². The molecule has 174 valence electrons. The maximum atomic E-state index is 4.78. The lowest BCUT2D eigenvalue weighted by atomic mass is 10.1. The Morgan fingerprint density at radius 2 is 1.88 bits per heavy atom. The quantitative estimate of drug-likeness (QED) is 0.421. The largest absolute Gasteiger partial charge is 0.324 e. The summed E-state index contributed by atoms with van der Waals surface area (Å²) in [5.74, 6) is 0.562. The average molecular weight is 455 g/mol. The van der Waals surface area contributed by atoms with Crippen LogP contribution in [0.5, 0.6) is 0 Å². The molecule has 0 spiro atoms. The second-order valence-electron chi connectivity index (χ2n) is 8.42. The molecular weight excluding hydrogens is 424 g/mol. The van der Waals surface area contributed by atoms with Gasteiger partial charge in [-0.1, -0.05) is 12.1 Å². The highest BCUT2D eigenvalue weighted by molar-refractivity contribution is 5.78. The second-order valence-corrected chi connectivity index (χ2v) is 8.42. The Labute approximate surface area is 200 Å². The van der Waals surface area contributed by atoms with Crippen molar-refractivity contribution >= 4 is 11.6 Å². The molecule has 2 N–H and O–H groups in total. The van der Waals surface area contributed by atoms with Crippen molar-refractivity contribution in [2.75, 3.05) is 38.0 Å². The topological polar surface area (TPSA) is 83.8 Å². The van der Waals surface area contributed by atoms with Crippen LogP contribution in [0.25, 0.3) is 22.5 Å². The molecule has 0 radical (unpaired) electrons. The van der Waals surface area contributed by atoms with Crippen molar-refractivity contribution in [1.29, 1.82) is 0 Å². The molecule has 1 saturated heterocycles. The van der Waals surface area contributed by atoms with Crippen molar-refractivity contribution in [3.05, 3.63) is 72.8 Å². The van der Waals surface area contributed by atoms with Gasteiger partial charge in [-0.2, -0.15) is 5.10 Å². The zero-order chi connectivity index (χ0) is 23.2. The number of pyridine rings is 1. The lowest BCUT2D eigenvalue weighted by molar-refractivity contribution is 0.244. The van der Waals surface area contributed by atoms with Crippen LogP contribution in [0, 0.1) is 0 Å². The summed E-state index contributed by atoms with van der Waals surface area (Å²) in [6.45, 7) is 8.40. The van der Waals surface area contributed by atoms with Gasteiger partial charge in [-0.15, -0.1) is 0 Å². The first-order valence-electron chi connectivity index (χ1n) is 11.9. The predicted molar refractivity (Wildman–Crippen MR) is 135 cm³/mol. The maximum absolute atomic E-state index is 4.78. The molecule has 0 unspecified atom stereocenters. The summed E-state index contributed by atoms with van der Waals surface area (Å²) in [5, 5.41) is 11.5. The van der Waals surface area contributed by atoms with Gasteiger partial charge in [-0.3, -0.25) is 9.67 Å². The number of nitrogens with zero attached hydrogens (tertiary/aromatic N) is 6. The zero-order valence-corrected chi connectivity index (χ0v) is 19.5. The molecule has 0 atom stereocenters. The Bertz CT molecular complexity index is 1200. The summed E-state index contributed by atoms with van der Waals surface area (Å²) < 4.78 is 1.92. The predicted octanol–water partition coefficient (Wildman–Crippen LogP) is 3.61. The fraction of sp³-hybridized carbons (Fsp3) is 0.308. The van der Waals surface area contributed by atoms with Crippen molar-refractivity contribution in [3.8, 4) is 22.5 Å². The molecule has 34 heavy (non-hydrogen) atoms. The summed E-state index contributed by atoms with van der Waals surface area (Å²) >= 11 is 0. The van der Waals surface area contributed by atoms with Gasteiger partial charge in [-0.05, 0) is 49.2 Å². The van der Waals surface area contributed by atoms with Crippen molar-refractivity contribution in [2.45, 2.75) is 19.9 Å². The molecule has 1 aromatic carbocycles. The van der Waals surface area contributed by atoms with Crippen LogP contribution in [0.2, 0.25) is 0 Å². The highest BCUT2D eigenvalue weighted by Crippen LogP contribution is 2.30. The Morgan fingerprint density at radius 3 is 2.65 bits per heavy atom. The first kappa shape index (κ1) is 22.2. The lowest BCUT2D eigenvalue weighted by Gasteiger charge is -2.27. The van der Waals surface area contributed by atoms with Crippen LogP contribution in [0.1, 0.15) is 12.5 Å². The van der Waals surface area contributed by atoms with Gasteiger partial charge in [0.2, 0.25) is 5.95 Å². The van der Waals surface area contributed by atoms with E-state index in [0.717, 1.165) is 73.9 Å². The molecule has 0 aliphatic carbocycles. The molecule has 4 aromatic rings. The van der Waals surface area contributed by atoms with E-state index in [9.17, 15) is 0 Å². The third-order valence-electron chi connectivity index (χ3n) is 6.09. The molecule has 8 heteroatoms. The highest BCUT2D eigenvalue weighted by Gasteiger charge is 2.15. The number of rotatable bonds is 8. The van der Waals surface area contributed by atoms with Gasteiger partial charge in [0.25, 0.3) is 0 Å². The van der Waals surface area contributed by atoms with Crippen molar-refractivity contribution in [2.24, 2.45) is 0 Å². The van der Waals surface area contributed by atoms with E-state index < -0.39 is 0 Å². The van der Waals surface area contributed by atoms with E-state index in [-0.39, 0.29) is 0 Å². The third kappa shape index (κ3) is 5.30. The van der Waals surface area contributed by atoms with Crippen molar-refractivity contribution < 1.29 is 0 Å². The van der Waals surface area contributed by atoms with E-state index in [1.54, 1.807) is 12.4 Å². The van der Waals surface area contributed by atoms with Crippen LogP contribution in [-0.2, 0) is 13.0 Å².